The van der Waals surface area contributed by atoms with E-state index in [4.69, 9.17) is 9.57 Å². The molecule has 0 aliphatic rings. The predicted octanol–water partition coefficient (Wildman–Crippen LogP) is 1.11. The quantitative estimate of drug-likeness (QED) is 0.460. The Morgan fingerprint density at radius 2 is 2.38 bits per heavy atom. The van der Waals surface area contributed by atoms with Gasteiger partial charge in [0.25, 0.3) is 5.91 Å². The smallest absolute Gasteiger partial charge is 0.277 e. The van der Waals surface area contributed by atoms with Crippen molar-refractivity contribution in [2.75, 3.05) is 26.6 Å². The predicted molar refractivity (Wildman–Crippen MR) is 61.3 cm³/mol. The fourth-order valence-corrected chi connectivity index (χ4v) is 1.57. The summed E-state index contributed by atoms with van der Waals surface area (Å²) in [6, 6.07) is 3.41. The van der Waals surface area contributed by atoms with E-state index in [-0.39, 0.29) is 5.91 Å². The SMILES string of the molecule is COCCONC(=O)c1cccnc1SC. The molecule has 0 radical (unpaired) electrons. The normalized spacial score (nSPS) is 10.1. The Morgan fingerprint density at radius 3 is 3.06 bits per heavy atom. The lowest BCUT2D eigenvalue weighted by molar-refractivity contribution is 0.00866. The lowest BCUT2D eigenvalue weighted by Crippen LogP contribution is -2.26. The molecule has 0 unspecified atom stereocenters. The summed E-state index contributed by atoms with van der Waals surface area (Å²) in [6.45, 7) is 0.750. The third kappa shape index (κ3) is 3.80. The summed E-state index contributed by atoms with van der Waals surface area (Å²) in [4.78, 5) is 20.7. The van der Waals surface area contributed by atoms with E-state index in [2.05, 4.69) is 10.5 Å². The molecule has 0 aromatic carbocycles. The molecule has 0 fully saturated rings. The number of rotatable bonds is 6. The number of carbonyl (C=O) groups is 1. The molecule has 0 aliphatic heterocycles. The van der Waals surface area contributed by atoms with Gasteiger partial charge in [-0.3, -0.25) is 9.63 Å². The Balaban J connectivity index is 2.52. The van der Waals surface area contributed by atoms with Crippen molar-refractivity contribution in [3.63, 3.8) is 0 Å². The molecule has 1 heterocycles. The summed E-state index contributed by atoms with van der Waals surface area (Å²) in [7, 11) is 1.57. The van der Waals surface area contributed by atoms with Gasteiger partial charge in [-0.2, -0.15) is 0 Å². The Hall–Kier alpha value is -1.11. The molecule has 16 heavy (non-hydrogen) atoms. The molecular weight excluding hydrogens is 228 g/mol. The number of hydroxylamine groups is 1. The fraction of sp³-hybridized carbons (Fsp3) is 0.400. The molecule has 1 N–H and O–H groups in total. The molecule has 1 rings (SSSR count). The first-order chi connectivity index (χ1) is 7.79. The number of carbonyl (C=O) groups excluding carboxylic acids is 1. The van der Waals surface area contributed by atoms with E-state index in [0.717, 1.165) is 0 Å². The number of hydrogen-bond acceptors (Lipinski definition) is 5. The molecule has 88 valence electrons. The van der Waals surface area contributed by atoms with Gasteiger partial charge in [0.2, 0.25) is 0 Å². The van der Waals surface area contributed by atoms with Crippen molar-refractivity contribution in [2.24, 2.45) is 0 Å². The molecule has 1 aromatic rings. The molecule has 5 nitrogen and oxygen atoms in total. The summed E-state index contributed by atoms with van der Waals surface area (Å²) in [5, 5.41) is 0.676. The lowest BCUT2D eigenvalue weighted by atomic mass is 10.3. The average molecular weight is 242 g/mol. The first kappa shape index (κ1) is 13.0. The maximum Gasteiger partial charge on any atom is 0.277 e. The van der Waals surface area contributed by atoms with Gasteiger partial charge in [-0.05, 0) is 18.4 Å². The number of nitrogens with zero attached hydrogens (tertiary/aromatic N) is 1. The Kier molecular flexibility index (Phi) is 5.84. The summed E-state index contributed by atoms with van der Waals surface area (Å²) in [6.07, 6.45) is 3.51. The van der Waals surface area contributed by atoms with Gasteiger partial charge in [-0.1, -0.05) is 0 Å². The van der Waals surface area contributed by atoms with Crippen LogP contribution in [0.25, 0.3) is 0 Å². The van der Waals surface area contributed by atoms with E-state index in [1.165, 1.54) is 11.8 Å². The summed E-state index contributed by atoms with van der Waals surface area (Å²) < 4.78 is 4.78. The van der Waals surface area contributed by atoms with Crippen molar-refractivity contribution in [3.05, 3.63) is 23.9 Å². The van der Waals surface area contributed by atoms with E-state index < -0.39 is 0 Å². The van der Waals surface area contributed by atoms with Crippen LogP contribution >= 0.6 is 11.8 Å². The molecular formula is C10H14N2O3S. The molecule has 0 aliphatic carbocycles. The van der Waals surface area contributed by atoms with E-state index in [1.54, 1.807) is 25.4 Å². The lowest BCUT2D eigenvalue weighted by Gasteiger charge is -2.07. The van der Waals surface area contributed by atoms with Crippen LogP contribution < -0.4 is 5.48 Å². The first-order valence-corrected chi connectivity index (χ1v) is 5.92. The number of amides is 1. The molecule has 1 amide bonds. The van der Waals surface area contributed by atoms with Gasteiger partial charge in [0.15, 0.2) is 0 Å². The van der Waals surface area contributed by atoms with Crippen LogP contribution in [0.2, 0.25) is 0 Å². The number of aromatic nitrogens is 1. The van der Waals surface area contributed by atoms with E-state index in [1.807, 2.05) is 6.26 Å². The standard InChI is InChI=1S/C10H14N2O3S/c1-14-6-7-15-12-9(13)8-4-3-5-11-10(8)16-2/h3-5H,6-7H2,1-2H3,(H,12,13). The van der Waals surface area contributed by atoms with Crippen LogP contribution in [-0.4, -0.2) is 37.5 Å². The Labute approximate surface area is 98.5 Å². The zero-order valence-electron chi connectivity index (χ0n) is 9.23. The third-order valence-electron chi connectivity index (χ3n) is 1.76. The second-order valence-electron chi connectivity index (χ2n) is 2.83. The van der Waals surface area contributed by atoms with Crippen LogP contribution in [0.1, 0.15) is 10.4 Å². The van der Waals surface area contributed by atoms with Crippen LogP contribution in [0.3, 0.4) is 0 Å². The molecule has 0 saturated heterocycles. The van der Waals surface area contributed by atoms with E-state index in [9.17, 15) is 4.79 Å². The monoisotopic (exact) mass is 242 g/mol. The van der Waals surface area contributed by atoms with Crippen molar-refractivity contribution < 1.29 is 14.4 Å². The van der Waals surface area contributed by atoms with Gasteiger partial charge in [0.05, 0.1) is 18.8 Å². The van der Waals surface area contributed by atoms with Crippen LogP contribution in [0.4, 0.5) is 0 Å². The highest BCUT2D eigenvalue weighted by Gasteiger charge is 2.10. The number of nitrogens with one attached hydrogen (secondary N) is 1. The highest BCUT2D eigenvalue weighted by molar-refractivity contribution is 7.98. The maximum atomic E-state index is 11.7. The van der Waals surface area contributed by atoms with Crippen LogP contribution in [0, 0.1) is 0 Å². The van der Waals surface area contributed by atoms with Gasteiger partial charge >= 0.3 is 0 Å². The Morgan fingerprint density at radius 1 is 1.56 bits per heavy atom. The summed E-state index contributed by atoms with van der Waals surface area (Å²) in [5.74, 6) is -0.298. The van der Waals surface area contributed by atoms with Gasteiger partial charge in [-0.15, -0.1) is 11.8 Å². The third-order valence-corrected chi connectivity index (χ3v) is 2.48. The van der Waals surface area contributed by atoms with Crippen molar-refractivity contribution in [1.29, 1.82) is 0 Å². The van der Waals surface area contributed by atoms with Crippen LogP contribution in [-0.2, 0) is 9.57 Å². The van der Waals surface area contributed by atoms with Crippen molar-refractivity contribution in [3.8, 4) is 0 Å². The van der Waals surface area contributed by atoms with Gasteiger partial charge < -0.3 is 4.74 Å². The minimum atomic E-state index is -0.298. The molecule has 0 saturated carbocycles. The van der Waals surface area contributed by atoms with Crippen LogP contribution in [0.5, 0.6) is 0 Å². The summed E-state index contributed by atoms with van der Waals surface area (Å²) >= 11 is 1.42. The maximum absolute atomic E-state index is 11.7. The topological polar surface area (TPSA) is 60.5 Å². The molecule has 6 heteroatoms. The first-order valence-electron chi connectivity index (χ1n) is 4.69. The highest BCUT2D eigenvalue weighted by atomic mass is 32.2. The largest absolute Gasteiger partial charge is 0.382 e. The number of hydrogen-bond donors (Lipinski definition) is 1. The number of ether oxygens (including phenoxy) is 1. The summed E-state index contributed by atoms with van der Waals surface area (Å²) in [5.41, 5.74) is 2.84. The number of methoxy groups -OCH3 is 1. The van der Waals surface area contributed by atoms with Gasteiger partial charge in [0, 0.05) is 13.3 Å². The second kappa shape index (κ2) is 7.21. The fourth-order valence-electron chi connectivity index (χ4n) is 1.02. The van der Waals surface area contributed by atoms with E-state index in [0.29, 0.717) is 23.8 Å². The zero-order valence-corrected chi connectivity index (χ0v) is 10.0. The van der Waals surface area contributed by atoms with Gasteiger partial charge in [0.1, 0.15) is 5.03 Å². The molecule has 1 aromatic heterocycles. The number of thioether (sulfide) groups is 1. The van der Waals surface area contributed by atoms with Crippen molar-refractivity contribution in [1.82, 2.24) is 10.5 Å². The van der Waals surface area contributed by atoms with E-state index >= 15 is 0 Å². The Bertz CT molecular complexity index is 347. The molecule has 0 spiro atoms. The second-order valence-corrected chi connectivity index (χ2v) is 3.63. The molecule has 0 atom stereocenters. The minimum Gasteiger partial charge on any atom is -0.382 e. The molecule has 0 bridgehead atoms. The van der Waals surface area contributed by atoms with Crippen molar-refractivity contribution >= 4 is 17.7 Å². The van der Waals surface area contributed by atoms with Crippen molar-refractivity contribution in [2.45, 2.75) is 5.03 Å². The highest BCUT2D eigenvalue weighted by Crippen LogP contribution is 2.16. The van der Waals surface area contributed by atoms with Gasteiger partial charge in [-0.25, -0.2) is 10.5 Å². The number of pyridine rings is 1. The average Bonchev–Trinajstić information content (AvgIpc) is 2.34. The minimum absolute atomic E-state index is 0.298. The zero-order chi connectivity index (χ0) is 11.8. The van der Waals surface area contributed by atoms with Crippen LogP contribution in [0.15, 0.2) is 23.4 Å².